The van der Waals surface area contributed by atoms with Gasteiger partial charge in [-0.3, -0.25) is 4.79 Å². The van der Waals surface area contributed by atoms with Crippen molar-refractivity contribution in [3.8, 4) is 0 Å². The largest absolute Gasteiger partial charge is 0.481 e. The Hall–Kier alpha value is -1.30. The average Bonchev–Trinajstić information content (AvgIpc) is 2.49. The molecule has 22 heavy (non-hydrogen) atoms. The van der Waals surface area contributed by atoms with Gasteiger partial charge < -0.3 is 20.1 Å². The minimum atomic E-state index is -0.896. The molecule has 6 heteroatoms. The monoisotopic (exact) mass is 314 g/mol. The Kier molecular flexibility index (Phi) is 6.23. The van der Waals surface area contributed by atoms with Crippen LogP contribution >= 0.6 is 0 Å². The van der Waals surface area contributed by atoms with Crippen molar-refractivity contribution in [2.45, 2.75) is 52.7 Å². The SMILES string of the molecule is CCC1(CC)C(NC(=O)N(C)CC(C)C(=O)O)C(C)C1OC. The smallest absolute Gasteiger partial charge is 0.317 e. The highest BCUT2D eigenvalue weighted by molar-refractivity contribution is 5.76. The number of carboxylic acids is 1. The number of nitrogens with zero attached hydrogens (tertiary/aromatic N) is 1. The molecule has 1 saturated carbocycles. The topological polar surface area (TPSA) is 78.9 Å². The van der Waals surface area contributed by atoms with Crippen LogP contribution in [0.4, 0.5) is 4.79 Å². The molecule has 0 aromatic rings. The fraction of sp³-hybridized carbons (Fsp3) is 0.875. The molecule has 4 atom stereocenters. The normalized spacial score (nSPS) is 27.6. The molecule has 1 fully saturated rings. The Morgan fingerprint density at radius 2 is 1.91 bits per heavy atom. The maximum Gasteiger partial charge on any atom is 0.317 e. The van der Waals surface area contributed by atoms with Crippen molar-refractivity contribution >= 4 is 12.0 Å². The first-order valence-electron chi connectivity index (χ1n) is 8.02. The summed E-state index contributed by atoms with van der Waals surface area (Å²) in [5, 5.41) is 12.0. The quantitative estimate of drug-likeness (QED) is 0.755. The lowest BCUT2D eigenvalue weighted by Gasteiger charge is -2.59. The number of hydrogen-bond acceptors (Lipinski definition) is 3. The summed E-state index contributed by atoms with van der Waals surface area (Å²) >= 11 is 0. The number of carboxylic acid groups (broad SMARTS) is 1. The van der Waals surface area contributed by atoms with Crippen LogP contribution in [-0.4, -0.2) is 54.9 Å². The van der Waals surface area contributed by atoms with E-state index in [4.69, 9.17) is 9.84 Å². The van der Waals surface area contributed by atoms with Gasteiger partial charge in [0.15, 0.2) is 0 Å². The minimum absolute atomic E-state index is 0.0386. The van der Waals surface area contributed by atoms with Gasteiger partial charge in [0.05, 0.1) is 12.0 Å². The van der Waals surface area contributed by atoms with E-state index in [1.54, 1.807) is 21.1 Å². The highest BCUT2D eigenvalue weighted by Gasteiger charge is 2.59. The third-order valence-corrected chi connectivity index (χ3v) is 5.35. The summed E-state index contributed by atoms with van der Waals surface area (Å²) in [4.78, 5) is 24.7. The summed E-state index contributed by atoms with van der Waals surface area (Å²) in [6.45, 7) is 8.12. The first-order valence-corrected chi connectivity index (χ1v) is 8.02. The van der Waals surface area contributed by atoms with Crippen LogP contribution in [0.25, 0.3) is 0 Å². The lowest BCUT2D eigenvalue weighted by atomic mass is 9.53. The van der Waals surface area contributed by atoms with Gasteiger partial charge in [-0.15, -0.1) is 0 Å². The van der Waals surface area contributed by atoms with Gasteiger partial charge in [0.1, 0.15) is 0 Å². The van der Waals surface area contributed by atoms with Gasteiger partial charge in [-0.1, -0.05) is 27.7 Å². The number of rotatable bonds is 7. The molecular weight excluding hydrogens is 284 g/mol. The number of nitrogens with one attached hydrogen (secondary N) is 1. The number of ether oxygens (including phenoxy) is 1. The molecule has 128 valence electrons. The Bertz CT molecular complexity index is 409. The molecule has 2 amide bonds. The van der Waals surface area contributed by atoms with Crippen molar-refractivity contribution in [1.29, 1.82) is 0 Å². The number of carbonyl (C=O) groups excluding carboxylic acids is 1. The number of methoxy groups -OCH3 is 1. The molecule has 0 heterocycles. The Morgan fingerprint density at radius 3 is 2.32 bits per heavy atom. The second-order valence-corrected chi connectivity index (χ2v) is 6.50. The van der Waals surface area contributed by atoms with Gasteiger partial charge in [-0.2, -0.15) is 0 Å². The predicted molar refractivity (Wildman–Crippen MR) is 84.7 cm³/mol. The molecule has 1 aliphatic carbocycles. The molecule has 4 unspecified atom stereocenters. The summed E-state index contributed by atoms with van der Waals surface area (Å²) in [5.74, 6) is -1.23. The first kappa shape index (κ1) is 18.7. The molecule has 2 N–H and O–H groups in total. The molecule has 0 aromatic carbocycles. The molecule has 1 aliphatic rings. The van der Waals surface area contributed by atoms with Gasteiger partial charge in [0.2, 0.25) is 0 Å². The van der Waals surface area contributed by atoms with Gasteiger partial charge in [-0.05, 0) is 12.8 Å². The summed E-state index contributed by atoms with van der Waals surface area (Å²) in [5.41, 5.74) is -0.0386. The highest BCUT2D eigenvalue weighted by atomic mass is 16.5. The predicted octanol–water partition coefficient (Wildman–Crippen LogP) is 2.19. The van der Waals surface area contributed by atoms with Crippen LogP contribution in [-0.2, 0) is 9.53 Å². The Labute approximate surface area is 133 Å². The van der Waals surface area contributed by atoms with Gasteiger partial charge >= 0.3 is 12.0 Å². The second kappa shape index (κ2) is 7.31. The van der Waals surface area contributed by atoms with E-state index in [2.05, 4.69) is 26.1 Å². The Balaban J connectivity index is 2.72. The first-order chi connectivity index (χ1) is 10.2. The molecule has 0 bridgehead atoms. The zero-order chi connectivity index (χ0) is 17.1. The average molecular weight is 314 g/mol. The molecular formula is C16H30N2O4. The number of amides is 2. The maximum atomic E-state index is 12.3. The van der Waals surface area contributed by atoms with Crippen molar-refractivity contribution in [3.05, 3.63) is 0 Å². The van der Waals surface area contributed by atoms with Crippen LogP contribution < -0.4 is 5.32 Å². The maximum absolute atomic E-state index is 12.3. The Morgan fingerprint density at radius 1 is 1.36 bits per heavy atom. The van der Waals surface area contributed by atoms with Crippen LogP contribution in [0.15, 0.2) is 0 Å². The summed E-state index contributed by atoms with van der Waals surface area (Å²) in [6.07, 6.45) is 2.02. The van der Waals surface area contributed by atoms with E-state index in [-0.39, 0.29) is 36.1 Å². The zero-order valence-corrected chi connectivity index (χ0v) is 14.5. The van der Waals surface area contributed by atoms with E-state index in [1.807, 2.05) is 0 Å². The minimum Gasteiger partial charge on any atom is -0.481 e. The standard InChI is InChI=1S/C16H30N2O4/c1-7-16(8-2)12(11(4)13(16)22-6)17-15(21)18(5)9-10(3)14(19)20/h10-13H,7-9H2,1-6H3,(H,17,21)(H,19,20). The highest BCUT2D eigenvalue weighted by Crippen LogP contribution is 2.52. The van der Waals surface area contributed by atoms with Gasteiger partial charge in [0.25, 0.3) is 0 Å². The van der Waals surface area contributed by atoms with Gasteiger partial charge in [-0.25, -0.2) is 4.79 Å². The second-order valence-electron chi connectivity index (χ2n) is 6.50. The van der Waals surface area contributed by atoms with E-state index in [0.717, 1.165) is 12.8 Å². The van der Waals surface area contributed by atoms with Crippen LogP contribution in [0.5, 0.6) is 0 Å². The zero-order valence-electron chi connectivity index (χ0n) is 14.5. The van der Waals surface area contributed by atoms with E-state index in [1.165, 1.54) is 4.90 Å². The van der Waals surface area contributed by atoms with Crippen LogP contribution in [0.3, 0.4) is 0 Å². The molecule has 0 aromatic heterocycles. The third-order valence-electron chi connectivity index (χ3n) is 5.35. The third kappa shape index (κ3) is 3.21. The lowest BCUT2D eigenvalue weighted by Crippen LogP contribution is -2.70. The molecule has 0 spiro atoms. The summed E-state index contributed by atoms with van der Waals surface area (Å²) < 4.78 is 5.62. The van der Waals surface area contributed by atoms with E-state index in [0.29, 0.717) is 0 Å². The molecule has 0 aliphatic heterocycles. The van der Waals surface area contributed by atoms with Crippen molar-refractivity contribution in [3.63, 3.8) is 0 Å². The van der Waals surface area contributed by atoms with Crippen LogP contribution in [0, 0.1) is 17.3 Å². The molecule has 1 rings (SSSR count). The molecule has 0 radical (unpaired) electrons. The number of hydrogen-bond donors (Lipinski definition) is 2. The van der Waals surface area contributed by atoms with Crippen molar-refractivity contribution in [2.24, 2.45) is 17.3 Å². The van der Waals surface area contributed by atoms with Crippen LogP contribution in [0.1, 0.15) is 40.5 Å². The van der Waals surface area contributed by atoms with E-state index in [9.17, 15) is 9.59 Å². The fourth-order valence-corrected chi connectivity index (χ4v) is 3.91. The molecule has 0 saturated heterocycles. The lowest BCUT2D eigenvalue weighted by molar-refractivity contribution is -0.164. The van der Waals surface area contributed by atoms with Crippen LogP contribution in [0.2, 0.25) is 0 Å². The van der Waals surface area contributed by atoms with E-state index >= 15 is 0 Å². The van der Waals surface area contributed by atoms with Gasteiger partial charge in [0, 0.05) is 38.1 Å². The van der Waals surface area contributed by atoms with E-state index < -0.39 is 11.9 Å². The fourth-order valence-electron chi connectivity index (χ4n) is 3.91. The van der Waals surface area contributed by atoms with Crippen molar-refractivity contribution in [1.82, 2.24) is 10.2 Å². The van der Waals surface area contributed by atoms with Crippen molar-refractivity contribution in [2.75, 3.05) is 20.7 Å². The number of urea groups is 1. The number of aliphatic carboxylic acids is 1. The summed E-state index contributed by atoms with van der Waals surface area (Å²) in [6, 6.07) is -0.159. The summed E-state index contributed by atoms with van der Waals surface area (Å²) in [7, 11) is 3.35. The van der Waals surface area contributed by atoms with Crippen molar-refractivity contribution < 1.29 is 19.4 Å². The molecule has 6 nitrogen and oxygen atoms in total. The number of carbonyl (C=O) groups is 2.